The SMILES string of the molecule is Cc1cccc(CNC(=O)c2nc(C(=O)N3CCC(C)CC3)c3ccccn23)c1. The zero-order chi connectivity index (χ0) is 20.4. The van der Waals surface area contributed by atoms with Crippen LogP contribution in [-0.2, 0) is 6.54 Å². The number of benzene rings is 1. The molecule has 6 heteroatoms. The quantitative estimate of drug-likeness (QED) is 0.742. The van der Waals surface area contributed by atoms with Crippen LogP contribution in [0.3, 0.4) is 0 Å². The van der Waals surface area contributed by atoms with E-state index in [0.29, 0.717) is 23.7 Å². The number of aryl methyl sites for hydroxylation is 1. The highest BCUT2D eigenvalue weighted by Crippen LogP contribution is 2.21. The van der Waals surface area contributed by atoms with Gasteiger partial charge in [0.2, 0.25) is 5.82 Å². The van der Waals surface area contributed by atoms with Crippen LogP contribution in [0.2, 0.25) is 0 Å². The molecule has 2 aromatic heterocycles. The van der Waals surface area contributed by atoms with Gasteiger partial charge >= 0.3 is 0 Å². The van der Waals surface area contributed by atoms with Crippen LogP contribution in [0.25, 0.3) is 5.52 Å². The van der Waals surface area contributed by atoms with Gasteiger partial charge in [-0.3, -0.25) is 14.0 Å². The first-order chi connectivity index (χ1) is 14.0. The summed E-state index contributed by atoms with van der Waals surface area (Å²) in [6, 6.07) is 13.5. The molecule has 1 aliphatic rings. The van der Waals surface area contributed by atoms with E-state index in [1.165, 1.54) is 0 Å². The normalized spacial score (nSPS) is 14.9. The third-order valence-corrected chi connectivity index (χ3v) is 5.56. The van der Waals surface area contributed by atoms with Crippen LogP contribution in [0.5, 0.6) is 0 Å². The maximum absolute atomic E-state index is 13.1. The molecule has 1 fully saturated rings. The molecular weight excluding hydrogens is 364 g/mol. The van der Waals surface area contributed by atoms with Gasteiger partial charge in [0, 0.05) is 25.8 Å². The number of pyridine rings is 1. The van der Waals surface area contributed by atoms with Crippen LogP contribution in [0.4, 0.5) is 0 Å². The minimum Gasteiger partial charge on any atom is -0.345 e. The van der Waals surface area contributed by atoms with E-state index in [4.69, 9.17) is 0 Å². The number of likely N-dealkylation sites (tertiary alicyclic amines) is 1. The number of amides is 2. The summed E-state index contributed by atoms with van der Waals surface area (Å²) in [4.78, 5) is 32.3. The van der Waals surface area contributed by atoms with E-state index in [2.05, 4.69) is 17.2 Å². The summed E-state index contributed by atoms with van der Waals surface area (Å²) in [5.41, 5.74) is 3.18. The van der Waals surface area contributed by atoms with Gasteiger partial charge in [-0.15, -0.1) is 0 Å². The van der Waals surface area contributed by atoms with Crippen molar-refractivity contribution in [3.63, 3.8) is 0 Å². The van der Waals surface area contributed by atoms with Crippen LogP contribution in [0.1, 0.15) is 52.0 Å². The number of piperidine rings is 1. The van der Waals surface area contributed by atoms with Crippen molar-refractivity contribution >= 4 is 17.3 Å². The molecule has 29 heavy (non-hydrogen) atoms. The van der Waals surface area contributed by atoms with Crippen LogP contribution in [-0.4, -0.2) is 39.2 Å². The molecule has 4 rings (SSSR count). The van der Waals surface area contributed by atoms with Gasteiger partial charge in [-0.05, 0) is 43.4 Å². The largest absolute Gasteiger partial charge is 0.345 e. The number of carbonyl (C=O) groups excluding carboxylic acids is 2. The molecular formula is C23H26N4O2. The van der Waals surface area contributed by atoms with Crippen molar-refractivity contribution in [2.75, 3.05) is 13.1 Å². The summed E-state index contributed by atoms with van der Waals surface area (Å²) in [6.45, 7) is 6.12. The number of fused-ring (bicyclic) bond motifs is 1. The maximum Gasteiger partial charge on any atom is 0.287 e. The Morgan fingerprint density at radius 1 is 1.14 bits per heavy atom. The van der Waals surface area contributed by atoms with Crippen molar-refractivity contribution in [2.45, 2.75) is 33.2 Å². The van der Waals surface area contributed by atoms with Crippen LogP contribution in [0.15, 0.2) is 48.7 Å². The molecule has 3 heterocycles. The maximum atomic E-state index is 13.1. The second-order valence-corrected chi connectivity index (χ2v) is 7.89. The molecule has 0 radical (unpaired) electrons. The summed E-state index contributed by atoms with van der Waals surface area (Å²) in [5, 5.41) is 2.93. The topological polar surface area (TPSA) is 66.7 Å². The van der Waals surface area contributed by atoms with E-state index < -0.39 is 0 Å². The Bertz CT molecular complexity index is 1050. The Labute approximate surface area is 170 Å². The predicted octanol–water partition coefficient (Wildman–Crippen LogP) is 3.44. The molecule has 0 atom stereocenters. The molecule has 2 amide bonds. The summed E-state index contributed by atoms with van der Waals surface area (Å²) >= 11 is 0. The number of aromatic nitrogens is 2. The number of nitrogens with zero attached hydrogens (tertiary/aromatic N) is 3. The molecule has 150 valence electrons. The summed E-state index contributed by atoms with van der Waals surface area (Å²) in [7, 11) is 0. The first-order valence-corrected chi connectivity index (χ1v) is 10.1. The van der Waals surface area contributed by atoms with Gasteiger partial charge in [0.25, 0.3) is 11.8 Å². The van der Waals surface area contributed by atoms with E-state index >= 15 is 0 Å². The second-order valence-electron chi connectivity index (χ2n) is 7.89. The van der Waals surface area contributed by atoms with Crippen molar-refractivity contribution in [1.82, 2.24) is 19.6 Å². The lowest BCUT2D eigenvalue weighted by atomic mass is 9.99. The highest BCUT2D eigenvalue weighted by atomic mass is 16.2. The van der Waals surface area contributed by atoms with Crippen LogP contribution >= 0.6 is 0 Å². The molecule has 0 spiro atoms. The highest BCUT2D eigenvalue weighted by Gasteiger charge is 2.27. The van der Waals surface area contributed by atoms with E-state index in [1.807, 2.05) is 54.3 Å². The minimum atomic E-state index is -0.293. The summed E-state index contributed by atoms with van der Waals surface area (Å²) < 4.78 is 1.70. The average molecular weight is 390 g/mol. The first kappa shape index (κ1) is 19.2. The number of carbonyl (C=O) groups is 2. The highest BCUT2D eigenvalue weighted by molar-refractivity contribution is 6.02. The zero-order valence-electron chi connectivity index (χ0n) is 16.9. The standard InChI is InChI=1S/C23H26N4O2/c1-16-9-12-26(13-10-16)23(29)20-19-8-3-4-11-27(19)21(25-20)22(28)24-15-18-7-5-6-17(2)14-18/h3-8,11,14,16H,9-10,12-13,15H2,1-2H3,(H,24,28). The smallest absolute Gasteiger partial charge is 0.287 e. The monoisotopic (exact) mass is 390 g/mol. The van der Waals surface area contributed by atoms with Gasteiger partial charge < -0.3 is 10.2 Å². The van der Waals surface area contributed by atoms with E-state index in [9.17, 15) is 9.59 Å². The number of rotatable bonds is 4. The number of imidazole rings is 1. The zero-order valence-corrected chi connectivity index (χ0v) is 16.9. The molecule has 6 nitrogen and oxygen atoms in total. The summed E-state index contributed by atoms with van der Waals surface area (Å²) in [5.74, 6) is 0.486. The number of hydrogen-bond acceptors (Lipinski definition) is 3. The third-order valence-electron chi connectivity index (χ3n) is 5.56. The molecule has 1 aliphatic heterocycles. The fraction of sp³-hybridized carbons (Fsp3) is 0.348. The van der Waals surface area contributed by atoms with Crippen LogP contribution < -0.4 is 5.32 Å². The van der Waals surface area contributed by atoms with Crippen molar-refractivity contribution in [3.05, 3.63) is 71.3 Å². The van der Waals surface area contributed by atoms with Gasteiger partial charge in [-0.25, -0.2) is 4.98 Å². The third kappa shape index (κ3) is 4.01. The summed E-state index contributed by atoms with van der Waals surface area (Å²) in [6.07, 6.45) is 3.78. The Hall–Kier alpha value is -3.15. The van der Waals surface area contributed by atoms with Gasteiger partial charge in [-0.2, -0.15) is 0 Å². The lowest BCUT2D eigenvalue weighted by Gasteiger charge is -2.29. The van der Waals surface area contributed by atoms with Crippen LogP contribution in [0, 0.1) is 12.8 Å². The van der Waals surface area contributed by atoms with Crippen molar-refractivity contribution in [2.24, 2.45) is 5.92 Å². The van der Waals surface area contributed by atoms with Crippen molar-refractivity contribution in [1.29, 1.82) is 0 Å². The van der Waals surface area contributed by atoms with Gasteiger partial charge in [0.05, 0.1) is 5.52 Å². The average Bonchev–Trinajstić information content (AvgIpc) is 3.12. The molecule has 3 aromatic rings. The molecule has 0 bridgehead atoms. The fourth-order valence-corrected chi connectivity index (χ4v) is 3.80. The van der Waals surface area contributed by atoms with Crippen molar-refractivity contribution in [3.8, 4) is 0 Å². The van der Waals surface area contributed by atoms with Crippen molar-refractivity contribution < 1.29 is 9.59 Å². The Morgan fingerprint density at radius 2 is 1.93 bits per heavy atom. The van der Waals surface area contributed by atoms with E-state index in [0.717, 1.165) is 37.1 Å². The molecule has 1 N–H and O–H groups in total. The first-order valence-electron chi connectivity index (χ1n) is 10.1. The molecule has 0 unspecified atom stereocenters. The van der Waals surface area contributed by atoms with Gasteiger partial charge in [-0.1, -0.05) is 42.8 Å². The Kier molecular flexibility index (Phi) is 5.34. The molecule has 1 saturated heterocycles. The minimum absolute atomic E-state index is 0.0988. The Balaban J connectivity index is 1.58. The predicted molar refractivity (Wildman–Crippen MR) is 112 cm³/mol. The molecule has 0 saturated carbocycles. The number of nitrogens with one attached hydrogen (secondary N) is 1. The second kappa shape index (κ2) is 8.07. The van der Waals surface area contributed by atoms with Gasteiger partial charge in [0.1, 0.15) is 0 Å². The Morgan fingerprint density at radius 3 is 2.69 bits per heavy atom. The fourth-order valence-electron chi connectivity index (χ4n) is 3.80. The van der Waals surface area contributed by atoms with Gasteiger partial charge in [0.15, 0.2) is 5.69 Å². The molecule has 0 aliphatic carbocycles. The number of hydrogen-bond donors (Lipinski definition) is 1. The lowest BCUT2D eigenvalue weighted by molar-refractivity contribution is 0.0694. The van der Waals surface area contributed by atoms with E-state index in [-0.39, 0.29) is 17.6 Å². The molecule has 1 aromatic carbocycles. The van der Waals surface area contributed by atoms with E-state index in [1.54, 1.807) is 10.6 Å². The lowest BCUT2D eigenvalue weighted by Crippen LogP contribution is -2.38.